The Morgan fingerprint density at radius 2 is 1.59 bits per heavy atom. The molecule has 0 N–H and O–H groups in total. The third-order valence-electron chi connectivity index (χ3n) is 5.81. The number of carbonyl (C=O) groups excluding carboxylic acids is 1. The Balaban J connectivity index is 1.67. The molecule has 29 heavy (non-hydrogen) atoms. The topological polar surface area (TPSA) is 58.5 Å². The van der Waals surface area contributed by atoms with E-state index in [-0.39, 0.29) is 11.2 Å². The van der Waals surface area contributed by atoms with E-state index in [0.29, 0.717) is 22.7 Å². The van der Waals surface area contributed by atoms with Crippen LogP contribution in [0.15, 0.2) is 77.8 Å². The minimum atomic E-state index is -0.204. The molecular formula is C24H20N4O. The van der Waals surface area contributed by atoms with Crippen LogP contribution >= 0.6 is 0 Å². The van der Waals surface area contributed by atoms with Crippen molar-refractivity contribution in [2.75, 3.05) is 11.9 Å². The molecule has 0 unspecified atom stereocenters. The third-order valence-corrected chi connectivity index (χ3v) is 5.81. The second-order valence-electron chi connectivity index (χ2n) is 7.82. The molecular weight excluding hydrogens is 360 g/mol. The normalized spacial score (nSPS) is 19.3. The number of para-hydroxylation sites is 1. The number of pyridine rings is 2. The van der Waals surface area contributed by atoms with E-state index < -0.39 is 0 Å². The van der Waals surface area contributed by atoms with E-state index in [2.05, 4.69) is 46.9 Å². The summed E-state index contributed by atoms with van der Waals surface area (Å²) in [7, 11) is 2.04. The first-order chi connectivity index (χ1) is 14.0. The van der Waals surface area contributed by atoms with Crippen LogP contribution in [0.25, 0.3) is 11.4 Å². The minimum absolute atomic E-state index is 0.124. The van der Waals surface area contributed by atoms with Gasteiger partial charge in [0.1, 0.15) is 11.4 Å². The Labute approximate surface area is 169 Å². The van der Waals surface area contributed by atoms with Gasteiger partial charge in [-0.15, -0.1) is 0 Å². The third kappa shape index (κ3) is 2.47. The summed E-state index contributed by atoms with van der Waals surface area (Å²) in [5.41, 5.74) is 6.23. The number of aromatic nitrogens is 2. The largest absolute Gasteiger partial charge is 0.346 e. The summed E-state index contributed by atoms with van der Waals surface area (Å²) in [6.45, 7) is 4.36. The van der Waals surface area contributed by atoms with Crippen LogP contribution in [0.3, 0.4) is 0 Å². The number of rotatable bonds is 1. The Hall–Kier alpha value is -3.60. The SMILES string of the molecule is CN1/C(=C/N=C2\C(=O)c3cccnc3-c3ncccc32)C(C)(C)c2ccccc21. The smallest absolute Gasteiger partial charge is 0.214 e. The first-order valence-electron chi connectivity index (χ1n) is 9.57. The molecule has 1 aliphatic carbocycles. The van der Waals surface area contributed by atoms with Gasteiger partial charge in [-0.1, -0.05) is 32.0 Å². The van der Waals surface area contributed by atoms with E-state index >= 15 is 0 Å². The van der Waals surface area contributed by atoms with E-state index in [9.17, 15) is 4.79 Å². The maximum atomic E-state index is 13.2. The number of Topliss-reactive ketones (excluding diaryl/α,β-unsaturated/α-hetero) is 1. The van der Waals surface area contributed by atoms with Gasteiger partial charge in [-0.05, 0) is 35.9 Å². The van der Waals surface area contributed by atoms with Crippen LogP contribution in [0.2, 0.25) is 0 Å². The van der Waals surface area contributed by atoms with E-state index in [0.717, 1.165) is 16.9 Å². The molecule has 3 aromatic rings. The predicted molar refractivity (Wildman–Crippen MR) is 114 cm³/mol. The molecule has 142 valence electrons. The highest BCUT2D eigenvalue weighted by atomic mass is 16.1. The molecule has 5 nitrogen and oxygen atoms in total. The average molecular weight is 380 g/mol. The number of likely N-dealkylation sites (N-methyl/N-ethyl adjacent to an activating group) is 1. The van der Waals surface area contributed by atoms with Crippen LogP contribution < -0.4 is 4.90 Å². The Kier molecular flexibility index (Phi) is 3.74. The summed E-state index contributed by atoms with van der Waals surface area (Å²) in [4.78, 5) is 28.9. The number of nitrogens with zero attached hydrogens (tertiary/aromatic N) is 4. The van der Waals surface area contributed by atoms with Crippen LogP contribution in [0.4, 0.5) is 5.69 Å². The molecule has 0 saturated carbocycles. The molecule has 0 radical (unpaired) electrons. The van der Waals surface area contributed by atoms with Crippen molar-refractivity contribution in [1.29, 1.82) is 0 Å². The lowest BCUT2D eigenvalue weighted by Gasteiger charge is -2.23. The molecule has 0 atom stereocenters. The van der Waals surface area contributed by atoms with E-state index in [4.69, 9.17) is 4.99 Å². The lowest BCUT2D eigenvalue weighted by atomic mass is 9.84. The van der Waals surface area contributed by atoms with E-state index in [1.807, 2.05) is 31.4 Å². The van der Waals surface area contributed by atoms with Gasteiger partial charge in [-0.2, -0.15) is 0 Å². The number of hydrogen-bond donors (Lipinski definition) is 0. The monoisotopic (exact) mass is 380 g/mol. The van der Waals surface area contributed by atoms with E-state index in [1.165, 1.54) is 5.56 Å². The van der Waals surface area contributed by atoms with Crippen molar-refractivity contribution in [3.05, 3.63) is 89.5 Å². The molecule has 0 fully saturated rings. The molecule has 1 aromatic carbocycles. The molecule has 2 aliphatic rings. The minimum Gasteiger partial charge on any atom is -0.346 e. The summed E-state index contributed by atoms with van der Waals surface area (Å²) in [6, 6.07) is 15.6. The maximum absolute atomic E-state index is 13.2. The summed E-state index contributed by atoms with van der Waals surface area (Å²) in [5, 5.41) is 0. The molecule has 0 spiro atoms. The van der Waals surface area contributed by atoms with Gasteiger partial charge in [0, 0.05) is 48.0 Å². The van der Waals surface area contributed by atoms with Gasteiger partial charge in [0.2, 0.25) is 5.78 Å². The molecule has 5 heteroatoms. The number of anilines is 1. The molecule has 2 aromatic heterocycles. The number of ketones is 1. The van der Waals surface area contributed by atoms with Crippen LogP contribution in [0.5, 0.6) is 0 Å². The summed E-state index contributed by atoms with van der Waals surface area (Å²) in [5.74, 6) is -0.124. The van der Waals surface area contributed by atoms with E-state index in [1.54, 1.807) is 24.5 Å². The summed E-state index contributed by atoms with van der Waals surface area (Å²) in [6.07, 6.45) is 5.22. The number of fused-ring (bicyclic) bond motifs is 4. The predicted octanol–water partition coefficient (Wildman–Crippen LogP) is 4.40. The lowest BCUT2D eigenvalue weighted by Crippen LogP contribution is -2.25. The Morgan fingerprint density at radius 1 is 0.931 bits per heavy atom. The van der Waals surface area contributed by atoms with Crippen molar-refractivity contribution in [3.8, 4) is 11.4 Å². The fourth-order valence-electron chi connectivity index (χ4n) is 4.30. The van der Waals surface area contributed by atoms with Crippen molar-refractivity contribution >= 4 is 17.2 Å². The van der Waals surface area contributed by atoms with Crippen LogP contribution in [-0.4, -0.2) is 28.5 Å². The number of benzene rings is 1. The van der Waals surface area contributed by atoms with Gasteiger partial charge in [0.25, 0.3) is 0 Å². The van der Waals surface area contributed by atoms with Crippen LogP contribution in [-0.2, 0) is 5.41 Å². The molecule has 1 aliphatic heterocycles. The van der Waals surface area contributed by atoms with Gasteiger partial charge in [-0.3, -0.25) is 19.8 Å². The standard InChI is InChI=1S/C24H20N4O/c1-24(2)17-10-4-5-11-18(17)28(3)19(24)14-27-22-15-8-6-12-25-20(15)21-16(23(22)29)9-7-13-26-21/h4-14H,1-3H3/b19-14+,27-22-. The van der Waals surface area contributed by atoms with Crippen molar-refractivity contribution in [1.82, 2.24) is 9.97 Å². The Bertz CT molecular complexity index is 1220. The fourth-order valence-corrected chi connectivity index (χ4v) is 4.30. The molecule has 3 heterocycles. The summed E-state index contributed by atoms with van der Waals surface area (Å²) < 4.78 is 0. The van der Waals surface area contributed by atoms with Gasteiger partial charge < -0.3 is 4.90 Å². The molecule has 0 saturated heterocycles. The zero-order chi connectivity index (χ0) is 20.2. The first kappa shape index (κ1) is 17.5. The van der Waals surface area contributed by atoms with Crippen molar-refractivity contribution in [3.63, 3.8) is 0 Å². The number of aliphatic imine (C=N–C) groups is 1. The number of allylic oxidation sites excluding steroid dienone is 1. The van der Waals surface area contributed by atoms with Gasteiger partial charge in [0.05, 0.1) is 11.3 Å². The molecule has 0 bridgehead atoms. The Morgan fingerprint density at radius 3 is 2.31 bits per heavy atom. The second kappa shape index (κ2) is 6.21. The maximum Gasteiger partial charge on any atom is 0.214 e. The highest BCUT2D eigenvalue weighted by Crippen LogP contribution is 2.46. The quantitative estimate of drug-likeness (QED) is 0.628. The van der Waals surface area contributed by atoms with Crippen LogP contribution in [0.1, 0.15) is 35.3 Å². The highest BCUT2D eigenvalue weighted by molar-refractivity contribution is 6.54. The first-order valence-corrected chi connectivity index (χ1v) is 9.57. The van der Waals surface area contributed by atoms with Gasteiger partial charge >= 0.3 is 0 Å². The summed E-state index contributed by atoms with van der Waals surface area (Å²) >= 11 is 0. The molecule has 0 amide bonds. The van der Waals surface area contributed by atoms with Gasteiger partial charge in [-0.25, -0.2) is 0 Å². The zero-order valence-electron chi connectivity index (χ0n) is 16.5. The van der Waals surface area contributed by atoms with Crippen molar-refractivity contribution in [2.45, 2.75) is 19.3 Å². The van der Waals surface area contributed by atoms with Crippen molar-refractivity contribution < 1.29 is 4.79 Å². The van der Waals surface area contributed by atoms with Crippen molar-refractivity contribution in [2.24, 2.45) is 4.99 Å². The average Bonchev–Trinajstić information content (AvgIpc) is 2.94. The molecule has 5 rings (SSSR count). The highest BCUT2D eigenvalue weighted by Gasteiger charge is 2.38. The van der Waals surface area contributed by atoms with Gasteiger partial charge in [0.15, 0.2) is 0 Å². The van der Waals surface area contributed by atoms with Crippen LogP contribution in [0, 0.1) is 0 Å². The number of carbonyl (C=O) groups is 1. The number of hydrogen-bond acceptors (Lipinski definition) is 5. The second-order valence-corrected chi connectivity index (χ2v) is 7.82. The fraction of sp³-hybridized carbons (Fsp3) is 0.167. The zero-order valence-corrected chi connectivity index (χ0v) is 16.5. The lowest BCUT2D eigenvalue weighted by molar-refractivity contribution is 0.106.